The number of imide groups is 1. The van der Waals surface area contributed by atoms with Crippen LogP contribution in [0.25, 0.3) is 0 Å². The Labute approximate surface area is 146 Å². The van der Waals surface area contributed by atoms with Crippen molar-refractivity contribution in [3.8, 4) is 6.07 Å². The normalized spacial score (nSPS) is 23.8. The summed E-state index contributed by atoms with van der Waals surface area (Å²) in [5.74, 6) is -1.70. The number of carbonyl (C=O) groups excluding carboxylic acids is 3. The van der Waals surface area contributed by atoms with E-state index < -0.39 is 12.0 Å². The molecule has 3 rings (SSSR count). The molecule has 6 nitrogen and oxygen atoms in total. The zero-order valence-corrected chi connectivity index (χ0v) is 14.1. The fourth-order valence-electron chi connectivity index (χ4n) is 3.70. The van der Waals surface area contributed by atoms with Gasteiger partial charge in [0, 0.05) is 5.56 Å². The third-order valence-corrected chi connectivity index (χ3v) is 5.11. The lowest BCUT2D eigenvalue weighted by molar-refractivity contribution is -0.159. The van der Waals surface area contributed by atoms with Crippen molar-refractivity contribution >= 4 is 17.8 Å². The summed E-state index contributed by atoms with van der Waals surface area (Å²) in [7, 11) is 0. The van der Waals surface area contributed by atoms with Crippen molar-refractivity contribution in [3.05, 3.63) is 35.4 Å². The number of benzene rings is 1. The molecule has 0 spiro atoms. The molecule has 0 bridgehead atoms. The number of nitrogens with zero attached hydrogens (tertiary/aromatic N) is 2. The van der Waals surface area contributed by atoms with E-state index in [-0.39, 0.29) is 30.3 Å². The number of carbonyl (C=O) groups is 3. The summed E-state index contributed by atoms with van der Waals surface area (Å²) in [5, 5.41) is 9.07. The van der Waals surface area contributed by atoms with Crippen molar-refractivity contribution in [1.29, 1.82) is 5.26 Å². The van der Waals surface area contributed by atoms with Crippen LogP contribution in [-0.4, -0.2) is 28.7 Å². The zero-order valence-electron chi connectivity index (χ0n) is 14.1. The van der Waals surface area contributed by atoms with Crippen LogP contribution in [0.15, 0.2) is 24.3 Å². The molecule has 2 amide bonds. The number of amides is 2. The van der Waals surface area contributed by atoms with Gasteiger partial charge in [0.1, 0.15) is 12.6 Å². The SMILES string of the molecule is C[C@@H](C(=O)OCc1ccccc1C#N)N1C(=O)[C@H]2CCCC[C@H]2C1=O. The van der Waals surface area contributed by atoms with Crippen LogP contribution < -0.4 is 0 Å². The number of nitriles is 1. The minimum Gasteiger partial charge on any atom is -0.459 e. The van der Waals surface area contributed by atoms with Gasteiger partial charge in [0.05, 0.1) is 23.5 Å². The van der Waals surface area contributed by atoms with Gasteiger partial charge < -0.3 is 4.74 Å². The molecule has 1 aliphatic carbocycles. The molecule has 1 aliphatic heterocycles. The molecule has 130 valence electrons. The van der Waals surface area contributed by atoms with E-state index >= 15 is 0 Å². The molecular formula is C19H20N2O4. The second-order valence-electron chi connectivity index (χ2n) is 6.60. The Morgan fingerprint density at radius 1 is 1.24 bits per heavy atom. The van der Waals surface area contributed by atoms with E-state index in [1.165, 1.54) is 6.92 Å². The molecule has 0 aromatic heterocycles. The summed E-state index contributed by atoms with van der Waals surface area (Å²) in [6.07, 6.45) is 3.31. The maximum absolute atomic E-state index is 12.5. The Hall–Kier alpha value is -2.68. The standard InChI is InChI=1S/C19H20N2O4/c1-12(19(24)25-11-14-7-3-2-6-13(14)10-20)21-17(22)15-8-4-5-9-16(15)18(21)23/h2-3,6-7,12,15-16H,4-5,8-9,11H2,1H3/t12-,15-,16+/m0/s1. The highest BCUT2D eigenvalue weighted by Crippen LogP contribution is 2.38. The number of rotatable bonds is 4. The largest absolute Gasteiger partial charge is 0.459 e. The van der Waals surface area contributed by atoms with Gasteiger partial charge in [-0.2, -0.15) is 5.26 Å². The molecule has 1 aromatic rings. The Morgan fingerprint density at radius 2 is 1.84 bits per heavy atom. The molecule has 6 heteroatoms. The van der Waals surface area contributed by atoms with Crippen LogP contribution in [0.2, 0.25) is 0 Å². The van der Waals surface area contributed by atoms with Crippen LogP contribution in [0.1, 0.15) is 43.7 Å². The average molecular weight is 340 g/mol. The number of hydrogen-bond acceptors (Lipinski definition) is 5. The van der Waals surface area contributed by atoms with E-state index in [0.29, 0.717) is 24.0 Å². The van der Waals surface area contributed by atoms with Crippen LogP contribution in [0.3, 0.4) is 0 Å². The smallest absolute Gasteiger partial charge is 0.329 e. The third-order valence-electron chi connectivity index (χ3n) is 5.11. The fourth-order valence-corrected chi connectivity index (χ4v) is 3.70. The number of hydrogen-bond donors (Lipinski definition) is 0. The molecule has 1 aromatic carbocycles. The molecule has 0 radical (unpaired) electrons. The predicted molar refractivity (Wildman–Crippen MR) is 87.7 cm³/mol. The van der Waals surface area contributed by atoms with E-state index in [1.807, 2.05) is 6.07 Å². The van der Waals surface area contributed by atoms with Gasteiger partial charge in [-0.1, -0.05) is 31.0 Å². The first kappa shape index (κ1) is 17.2. The van der Waals surface area contributed by atoms with Gasteiger partial charge in [-0.25, -0.2) is 4.79 Å². The first-order chi connectivity index (χ1) is 12.0. The van der Waals surface area contributed by atoms with Gasteiger partial charge in [-0.15, -0.1) is 0 Å². The van der Waals surface area contributed by atoms with E-state index in [9.17, 15) is 14.4 Å². The number of likely N-dealkylation sites (tertiary alicyclic amines) is 1. The van der Waals surface area contributed by atoms with Crippen molar-refractivity contribution in [1.82, 2.24) is 4.90 Å². The number of fused-ring (bicyclic) bond motifs is 1. The Kier molecular flexibility index (Phi) is 4.84. The van der Waals surface area contributed by atoms with Crippen molar-refractivity contribution < 1.29 is 19.1 Å². The predicted octanol–water partition coefficient (Wildman–Crippen LogP) is 2.17. The maximum atomic E-state index is 12.5. The van der Waals surface area contributed by atoms with Gasteiger partial charge in [-0.05, 0) is 25.8 Å². The lowest BCUT2D eigenvalue weighted by atomic mass is 9.81. The summed E-state index contributed by atoms with van der Waals surface area (Å²) in [4.78, 5) is 38.5. The summed E-state index contributed by atoms with van der Waals surface area (Å²) in [6, 6.07) is 7.93. The molecular weight excluding hydrogens is 320 g/mol. The van der Waals surface area contributed by atoms with Crippen LogP contribution in [0.5, 0.6) is 0 Å². The van der Waals surface area contributed by atoms with E-state index in [1.54, 1.807) is 24.3 Å². The quantitative estimate of drug-likeness (QED) is 0.619. The van der Waals surface area contributed by atoms with Crippen molar-refractivity contribution in [3.63, 3.8) is 0 Å². The molecule has 1 saturated carbocycles. The summed E-state index contributed by atoms with van der Waals surface area (Å²) < 4.78 is 5.26. The van der Waals surface area contributed by atoms with Crippen LogP contribution >= 0.6 is 0 Å². The molecule has 0 N–H and O–H groups in total. The van der Waals surface area contributed by atoms with E-state index in [0.717, 1.165) is 17.7 Å². The minimum absolute atomic E-state index is 0.0595. The van der Waals surface area contributed by atoms with Gasteiger partial charge in [-0.3, -0.25) is 14.5 Å². The van der Waals surface area contributed by atoms with Crippen LogP contribution in [0, 0.1) is 23.2 Å². The number of esters is 1. The first-order valence-electron chi connectivity index (χ1n) is 8.56. The maximum Gasteiger partial charge on any atom is 0.329 e. The second-order valence-corrected chi connectivity index (χ2v) is 6.60. The van der Waals surface area contributed by atoms with Crippen LogP contribution in [0.4, 0.5) is 0 Å². The first-order valence-corrected chi connectivity index (χ1v) is 8.56. The highest BCUT2D eigenvalue weighted by atomic mass is 16.5. The van der Waals surface area contributed by atoms with Gasteiger partial charge in [0.25, 0.3) is 0 Å². The van der Waals surface area contributed by atoms with E-state index in [2.05, 4.69) is 0 Å². The average Bonchev–Trinajstić information content (AvgIpc) is 2.90. The van der Waals surface area contributed by atoms with Crippen molar-refractivity contribution in [2.45, 2.75) is 45.3 Å². The van der Waals surface area contributed by atoms with Gasteiger partial charge in [0.15, 0.2) is 0 Å². The highest BCUT2D eigenvalue weighted by molar-refractivity contribution is 6.07. The minimum atomic E-state index is -0.945. The van der Waals surface area contributed by atoms with E-state index in [4.69, 9.17) is 10.00 Å². The fraction of sp³-hybridized carbons (Fsp3) is 0.474. The third kappa shape index (κ3) is 3.14. The lowest BCUT2D eigenvalue weighted by Gasteiger charge is -2.21. The highest BCUT2D eigenvalue weighted by Gasteiger charge is 2.51. The molecule has 3 atom stereocenters. The summed E-state index contributed by atoms with van der Waals surface area (Å²) in [5.41, 5.74) is 1.03. The lowest BCUT2D eigenvalue weighted by Crippen LogP contribution is -2.44. The monoisotopic (exact) mass is 340 g/mol. The number of ether oxygens (including phenoxy) is 1. The van der Waals surface area contributed by atoms with Gasteiger partial charge in [0.2, 0.25) is 11.8 Å². The molecule has 1 heterocycles. The van der Waals surface area contributed by atoms with Crippen molar-refractivity contribution in [2.75, 3.05) is 0 Å². The Balaban J connectivity index is 1.67. The van der Waals surface area contributed by atoms with Crippen LogP contribution in [-0.2, 0) is 25.7 Å². The topological polar surface area (TPSA) is 87.5 Å². The Morgan fingerprint density at radius 3 is 2.44 bits per heavy atom. The zero-order chi connectivity index (χ0) is 18.0. The molecule has 2 fully saturated rings. The molecule has 25 heavy (non-hydrogen) atoms. The summed E-state index contributed by atoms with van der Waals surface area (Å²) in [6.45, 7) is 1.46. The van der Waals surface area contributed by atoms with Gasteiger partial charge >= 0.3 is 5.97 Å². The molecule has 2 aliphatic rings. The summed E-state index contributed by atoms with van der Waals surface area (Å²) >= 11 is 0. The molecule has 1 saturated heterocycles. The molecule has 0 unspecified atom stereocenters. The second kappa shape index (κ2) is 7.06. The Bertz CT molecular complexity index is 728. The van der Waals surface area contributed by atoms with Crippen molar-refractivity contribution in [2.24, 2.45) is 11.8 Å².